The average molecular weight is 384 g/mol. The number of carbonyl (C=O) groups is 1. The Bertz CT molecular complexity index is 1120. The maximum Gasteiger partial charge on any atom is 0.322 e. The lowest BCUT2D eigenvalue weighted by molar-refractivity contribution is 0.0995. The molecule has 136 valence electrons. The number of amides is 1. The SMILES string of the molecule is CCOc1cccc2cc(C(=O)Nc3nnc(-c4cccc(Cl)c4)o3)oc12. The molecular formula is C19H14ClN3O4. The smallest absolute Gasteiger partial charge is 0.322 e. The molecular weight excluding hydrogens is 370 g/mol. The Morgan fingerprint density at radius 3 is 2.81 bits per heavy atom. The van der Waals surface area contributed by atoms with Gasteiger partial charge in [0.15, 0.2) is 17.1 Å². The molecule has 0 saturated carbocycles. The molecule has 0 unspecified atom stereocenters. The van der Waals surface area contributed by atoms with Gasteiger partial charge in [-0.2, -0.15) is 0 Å². The Labute approximate surface area is 158 Å². The largest absolute Gasteiger partial charge is 0.490 e. The van der Waals surface area contributed by atoms with Gasteiger partial charge in [-0.05, 0) is 37.3 Å². The van der Waals surface area contributed by atoms with Crippen molar-refractivity contribution in [2.45, 2.75) is 6.92 Å². The summed E-state index contributed by atoms with van der Waals surface area (Å²) >= 11 is 5.96. The van der Waals surface area contributed by atoms with Gasteiger partial charge < -0.3 is 13.6 Å². The number of para-hydroxylation sites is 1. The minimum atomic E-state index is -0.505. The van der Waals surface area contributed by atoms with Crippen molar-refractivity contribution in [3.63, 3.8) is 0 Å². The Hall–Kier alpha value is -3.32. The monoisotopic (exact) mass is 383 g/mol. The highest BCUT2D eigenvalue weighted by Crippen LogP contribution is 2.29. The van der Waals surface area contributed by atoms with Gasteiger partial charge in [0.1, 0.15) is 0 Å². The first-order valence-corrected chi connectivity index (χ1v) is 8.58. The summed E-state index contributed by atoms with van der Waals surface area (Å²) in [6.07, 6.45) is 0. The highest BCUT2D eigenvalue weighted by atomic mass is 35.5. The van der Waals surface area contributed by atoms with E-state index in [1.54, 1.807) is 36.4 Å². The number of hydrogen-bond donors (Lipinski definition) is 1. The minimum Gasteiger partial charge on any atom is -0.490 e. The number of hydrogen-bond acceptors (Lipinski definition) is 6. The molecule has 0 aliphatic heterocycles. The van der Waals surface area contributed by atoms with Crippen molar-refractivity contribution in [1.29, 1.82) is 0 Å². The van der Waals surface area contributed by atoms with E-state index in [4.69, 9.17) is 25.2 Å². The lowest BCUT2D eigenvalue weighted by Crippen LogP contribution is -2.10. The van der Waals surface area contributed by atoms with Gasteiger partial charge in [-0.3, -0.25) is 10.1 Å². The van der Waals surface area contributed by atoms with Crippen molar-refractivity contribution in [2.75, 3.05) is 11.9 Å². The van der Waals surface area contributed by atoms with E-state index in [0.717, 1.165) is 5.39 Å². The van der Waals surface area contributed by atoms with Gasteiger partial charge >= 0.3 is 6.01 Å². The molecule has 1 amide bonds. The summed E-state index contributed by atoms with van der Waals surface area (Å²) in [5.74, 6) is 0.431. The van der Waals surface area contributed by atoms with Gasteiger partial charge in [-0.15, -0.1) is 5.10 Å². The lowest BCUT2D eigenvalue weighted by atomic mass is 10.2. The molecule has 0 fully saturated rings. The number of anilines is 1. The molecule has 0 aliphatic rings. The summed E-state index contributed by atoms with van der Waals surface area (Å²) < 4.78 is 16.6. The highest BCUT2D eigenvalue weighted by Gasteiger charge is 2.18. The molecule has 2 aromatic carbocycles. The molecule has 0 atom stereocenters. The van der Waals surface area contributed by atoms with Crippen LogP contribution in [-0.4, -0.2) is 22.7 Å². The van der Waals surface area contributed by atoms with E-state index in [1.807, 2.05) is 19.1 Å². The summed E-state index contributed by atoms with van der Waals surface area (Å²) in [6, 6.07) is 14.0. The number of aromatic nitrogens is 2. The van der Waals surface area contributed by atoms with Gasteiger partial charge in [-0.25, -0.2) is 0 Å². The molecule has 2 heterocycles. The van der Waals surface area contributed by atoms with Crippen molar-refractivity contribution in [2.24, 2.45) is 0 Å². The predicted octanol–water partition coefficient (Wildman–Crippen LogP) is 4.79. The van der Waals surface area contributed by atoms with Gasteiger partial charge in [0, 0.05) is 16.0 Å². The van der Waals surface area contributed by atoms with Gasteiger partial charge in [0.25, 0.3) is 5.91 Å². The first kappa shape index (κ1) is 17.1. The van der Waals surface area contributed by atoms with Crippen molar-refractivity contribution >= 4 is 34.5 Å². The molecule has 0 bridgehead atoms. The summed E-state index contributed by atoms with van der Waals surface area (Å²) in [7, 11) is 0. The van der Waals surface area contributed by atoms with Crippen LogP contribution < -0.4 is 10.1 Å². The van der Waals surface area contributed by atoms with Crippen molar-refractivity contribution in [1.82, 2.24) is 10.2 Å². The zero-order chi connectivity index (χ0) is 18.8. The van der Waals surface area contributed by atoms with Crippen LogP contribution in [0.15, 0.2) is 57.4 Å². The first-order chi connectivity index (χ1) is 13.1. The summed E-state index contributed by atoms with van der Waals surface area (Å²) in [6.45, 7) is 2.37. The lowest BCUT2D eigenvalue weighted by Gasteiger charge is -2.02. The van der Waals surface area contributed by atoms with Crippen molar-refractivity contribution in [3.8, 4) is 17.2 Å². The Balaban J connectivity index is 1.56. The van der Waals surface area contributed by atoms with Gasteiger partial charge in [-0.1, -0.05) is 34.9 Å². The number of halogens is 1. The summed E-state index contributed by atoms with van der Waals surface area (Å²) in [5, 5.41) is 11.6. The zero-order valence-corrected chi connectivity index (χ0v) is 15.0. The second-order valence-electron chi connectivity index (χ2n) is 5.60. The van der Waals surface area contributed by atoms with E-state index in [9.17, 15) is 4.79 Å². The molecule has 27 heavy (non-hydrogen) atoms. The number of fused-ring (bicyclic) bond motifs is 1. The van der Waals surface area contributed by atoms with Crippen LogP contribution in [0.5, 0.6) is 5.75 Å². The van der Waals surface area contributed by atoms with Crippen molar-refractivity contribution < 1.29 is 18.4 Å². The fourth-order valence-corrected chi connectivity index (χ4v) is 2.78. The van der Waals surface area contributed by atoms with Crippen LogP contribution in [0.3, 0.4) is 0 Å². The Kier molecular flexibility index (Phi) is 4.52. The number of ether oxygens (including phenoxy) is 1. The Morgan fingerprint density at radius 1 is 1.15 bits per heavy atom. The predicted molar refractivity (Wildman–Crippen MR) is 100 cm³/mol. The van der Waals surface area contributed by atoms with Crippen LogP contribution in [0.2, 0.25) is 5.02 Å². The van der Waals surface area contributed by atoms with Crippen LogP contribution in [0.1, 0.15) is 17.5 Å². The zero-order valence-electron chi connectivity index (χ0n) is 14.2. The molecule has 4 aromatic rings. The standard InChI is InChI=1S/C19H14ClN3O4/c1-2-25-14-8-4-5-11-10-15(26-16(11)14)17(24)21-19-23-22-18(27-19)12-6-3-7-13(20)9-12/h3-10H,2H2,1H3,(H,21,23,24). The molecule has 0 spiro atoms. The average Bonchev–Trinajstić information content (AvgIpc) is 3.29. The van der Waals surface area contributed by atoms with E-state index in [0.29, 0.717) is 28.5 Å². The Morgan fingerprint density at radius 2 is 2.00 bits per heavy atom. The van der Waals surface area contributed by atoms with E-state index in [-0.39, 0.29) is 17.7 Å². The van der Waals surface area contributed by atoms with Crippen LogP contribution in [0.4, 0.5) is 6.01 Å². The molecule has 0 saturated heterocycles. The number of furan rings is 1. The van der Waals surface area contributed by atoms with Crippen LogP contribution in [0.25, 0.3) is 22.4 Å². The third-order valence-corrected chi connectivity index (χ3v) is 3.98. The van der Waals surface area contributed by atoms with Crippen molar-refractivity contribution in [3.05, 3.63) is 59.3 Å². The van der Waals surface area contributed by atoms with E-state index >= 15 is 0 Å². The topological polar surface area (TPSA) is 90.4 Å². The van der Waals surface area contributed by atoms with E-state index in [2.05, 4.69) is 15.5 Å². The normalized spacial score (nSPS) is 10.9. The van der Waals surface area contributed by atoms with Crippen LogP contribution in [0, 0.1) is 0 Å². The fraction of sp³-hybridized carbons (Fsp3) is 0.105. The van der Waals surface area contributed by atoms with Gasteiger partial charge in [0.2, 0.25) is 5.89 Å². The molecule has 0 aliphatic carbocycles. The number of nitrogens with zero attached hydrogens (tertiary/aromatic N) is 2. The van der Waals surface area contributed by atoms with E-state index in [1.165, 1.54) is 0 Å². The summed E-state index contributed by atoms with van der Waals surface area (Å²) in [5.41, 5.74) is 1.16. The third-order valence-electron chi connectivity index (χ3n) is 3.75. The molecule has 0 radical (unpaired) electrons. The minimum absolute atomic E-state index is 0.0412. The molecule has 4 rings (SSSR count). The molecule has 7 nitrogen and oxygen atoms in total. The number of benzene rings is 2. The quantitative estimate of drug-likeness (QED) is 0.533. The number of rotatable bonds is 5. The fourth-order valence-electron chi connectivity index (χ4n) is 2.59. The maximum absolute atomic E-state index is 12.5. The summed E-state index contributed by atoms with van der Waals surface area (Å²) in [4.78, 5) is 12.5. The van der Waals surface area contributed by atoms with Gasteiger partial charge in [0.05, 0.1) is 6.61 Å². The highest BCUT2D eigenvalue weighted by molar-refractivity contribution is 6.30. The number of carbonyl (C=O) groups excluding carboxylic acids is 1. The first-order valence-electron chi connectivity index (χ1n) is 8.20. The molecule has 1 N–H and O–H groups in total. The van der Waals surface area contributed by atoms with Crippen LogP contribution in [-0.2, 0) is 0 Å². The van der Waals surface area contributed by atoms with E-state index < -0.39 is 5.91 Å². The second kappa shape index (κ2) is 7.13. The maximum atomic E-state index is 12.5. The second-order valence-corrected chi connectivity index (χ2v) is 6.03. The molecule has 2 aromatic heterocycles. The molecule has 8 heteroatoms. The van der Waals surface area contributed by atoms with Crippen LogP contribution >= 0.6 is 11.6 Å². The third kappa shape index (κ3) is 3.50. The number of nitrogens with one attached hydrogen (secondary N) is 1.